The average molecular weight is 364 g/mol. The number of nitrogens with one attached hydrogen (secondary N) is 1. The second-order valence-corrected chi connectivity index (χ2v) is 6.47. The molecule has 0 saturated carbocycles. The minimum atomic E-state index is -0.0370. The van der Waals surface area contributed by atoms with Crippen LogP contribution in [0.2, 0.25) is 0 Å². The van der Waals surface area contributed by atoms with Gasteiger partial charge in [-0.25, -0.2) is 0 Å². The molecule has 3 aromatic rings. The molecule has 2 aromatic heterocycles. The molecule has 1 aromatic carbocycles. The number of ether oxygens (including phenoxy) is 1. The first-order chi connectivity index (χ1) is 13.3. The quantitative estimate of drug-likeness (QED) is 0.744. The molecule has 27 heavy (non-hydrogen) atoms. The molecule has 1 aliphatic heterocycles. The van der Waals surface area contributed by atoms with Crippen LogP contribution in [-0.2, 0) is 11.3 Å². The number of tetrazole rings is 1. The Bertz CT molecular complexity index is 884. The number of hydrogen-bond acceptors (Lipinski definition) is 6. The summed E-state index contributed by atoms with van der Waals surface area (Å²) >= 11 is 0. The van der Waals surface area contributed by atoms with Crippen molar-refractivity contribution in [2.45, 2.75) is 25.6 Å². The standard InChI is InChI=1S/C19H20N6O2/c26-19(17-8-2-1-7-16(17)18-21-23-24-22-18)25-10-4-6-15(12-25)27-13-14-5-3-9-20-11-14/h1-3,5,7-9,11,15H,4,6,10,12-13H2,(H,21,22,23,24)/t15-/m1/s1. The van der Waals surface area contributed by atoms with E-state index in [-0.39, 0.29) is 12.0 Å². The molecule has 1 amide bonds. The molecule has 0 radical (unpaired) electrons. The Balaban J connectivity index is 1.45. The van der Waals surface area contributed by atoms with Crippen molar-refractivity contribution in [2.75, 3.05) is 13.1 Å². The average Bonchev–Trinajstić information content (AvgIpc) is 3.27. The highest BCUT2D eigenvalue weighted by molar-refractivity contribution is 6.00. The lowest BCUT2D eigenvalue weighted by Gasteiger charge is -2.33. The maximum Gasteiger partial charge on any atom is 0.254 e. The van der Waals surface area contributed by atoms with Crippen molar-refractivity contribution in [3.8, 4) is 11.4 Å². The molecule has 138 valence electrons. The number of amides is 1. The number of carbonyl (C=O) groups is 1. The zero-order chi connectivity index (χ0) is 18.5. The zero-order valence-electron chi connectivity index (χ0n) is 14.8. The highest BCUT2D eigenvalue weighted by atomic mass is 16.5. The summed E-state index contributed by atoms with van der Waals surface area (Å²) < 4.78 is 6.01. The van der Waals surface area contributed by atoms with E-state index in [1.165, 1.54) is 0 Å². The minimum Gasteiger partial charge on any atom is -0.372 e. The van der Waals surface area contributed by atoms with E-state index in [0.717, 1.165) is 18.4 Å². The highest BCUT2D eigenvalue weighted by Crippen LogP contribution is 2.23. The van der Waals surface area contributed by atoms with Gasteiger partial charge in [0.15, 0.2) is 0 Å². The Morgan fingerprint density at radius 3 is 3.00 bits per heavy atom. The van der Waals surface area contributed by atoms with Gasteiger partial charge < -0.3 is 9.64 Å². The third-order valence-corrected chi connectivity index (χ3v) is 4.62. The molecule has 1 aliphatic rings. The maximum absolute atomic E-state index is 13.1. The molecular weight excluding hydrogens is 344 g/mol. The molecule has 1 N–H and O–H groups in total. The van der Waals surface area contributed by atoms with Crippen molar-refractivity contribution < 1.29 is 9.53 Å². The van der Waals surface area contributed by atoms with Crippen molar-refractivity contribution in [1.29, 1.82) is 0 Å². The van der Waals surface area contributed by atoms with Gasteiger partial charge in [-0.2, -0.15) is 5.21 Å². The van der Waals surface area contributed by atoms with Crippen molar-refractivity contribution >= 4 is 5.91 Å². The number of aromatic amines is 1. The smallest absolute Gasteiger partial charge is 0.254 e. The number of benzene rings is 1. The number of likely N-dealkylation sites (tertiary alicyclic amines) is 1. The molecule has 4 rings (SSSR count). The van der Waals surface area contributed by atoms with Crippen LogP contribution < -0.4 is 0 Å². The lowest BCUT2D eigenvalue weighted by Crippen LogP contribution is -2.43. The lowest BCUT2D eigenvalue weighted by molar-refractivity contribution is -0.00679. The summed E-state index contributed by atoms with van der Waals surface area (Å²) in [5, 5.41) is 14.0. The van der Waals surface area contributed by atoms with Crippen molar-refractivity contribution in [1.82, 2.24) is 30.5 Å². The van der Waals surface area contributed by atoms with Crippen LogP contribution in [0.4, 0.5) is 0 Å². The van der Waals surface area contributed by atoms with Crippen LogP contribution in [-0.4, -0.2) is 55.6 Å². The fourth-order valence-electron chi connectivity index (χ4n) is 3.27. The van der Waals surface area contributed by atoms with Gasteiger partial charge in [0.1, 0.15) is 0 Å². The number of nitrogens with zero attached hydrogens (tertiary/aromatic N) is 5. The fourth-order valence-corrected chi connectivity index (χ4v) is 3.27. The number of carbonyl (C=O) groups excluding carboxylic acids is 1. The summed E-state index contributed by atoms with van der Waals surface area (Å²) in [6.07, 6.45) is 5.41. The topological polar surface area (TPSA) is 96.9 Å². The van der Waals surface area contributed by atoms with Crippen molar-refractivity contribution in [3.05, 3.63) is 59.9 Å². The van der Waals surface area contributed by atoms with Gasteiger partial charge in [-0.15, -0.1) is 10.2 Å². The van der Waals surface area contributed by atoms with Gasteiger partial charge in [-0.05, 0) is 35.8 Å². The zero-order valence-corrected chi connectivity index (χ0v) is 14.8. The molecule has 0 spiro atoms. The van der Waals surface area contributed by atoms with Gasteiger partial charge in [0.05, 0.1) is 18.3 Å². The first-order valence-electron chi connectivity index (χ1n) is 8.94. The Hall–Kier alpha value is -3.13. The molecular formula is C19H20N6O2. The summed E-state index contributed by atoms with van der Waals surface area (Å²) in [7, 11) is 0. The van der Waals surface area contributed by atoms with E-state index in [4.69, 9.17) is 4.74 Å². The molecule has 0 aliphatic carbocycles. The van der Waals surface area contributed by atoms with Crippen LogP contribution >= 0.6 is 0 Å². The molecule has 3 heterocycles. The summed E-state index contributed by atoms with van der Waals surface area (Å²) in [6.45, 7) is 1.78. The van der Waals surface area contributed by atoms with E-state index < -0.39 is 0 Å². The first-order valence-corrected chi connectivity index (χ1v) is 8.94. The SMILES string of the molecule is O=C(c1ccccc1-c1nn[nH]n1)N1CCC[C@@H](OCc2cccnc2)C1. The number of H-pyrrole nitrogens is 1. The van der Waals surface area contributed by atoms with Gasteiger partial charge in [0.2, 0.25) is 5.82 Å². The van der Waals surface area contributed by atoms with Gasteiger partial charge in [0, 0.05) is 31.0 Å². The predicted molar refractivity (Wildman–Crippen MR) is 97.6 cm³/mol. The van der Waals surface area contributed by atoms with Crippen LogP contribution in [0.3, 0.4) is 0 Å². The summed E-state index contributed by atoms with van der Waals surface area (Å²) in [5.41, 5.74) is 2.28. The Labute approximate surface area is 156 Å². The maximum atomic E-state index is 13.1. The molecule has 0 bridgehead atoms. The van der Waals surface area contributed by atoms with E-state index in [1.807, 2.05) is 35.2 Å². The van der Waals surface area contributed by atoms with E-state index in [0.29, 0.717) is 36.6 Å². The number of piperidine rings is 1. The van der Waals surface area contributed by atoms with Gasteiger partial charge >= 0.3 is 0 Å². The molecule has 0 unspecified atom stereocenters. The lowest BCUT2D eigenvalue weighted by atomic mass is 10.0. The van der Waals surface area contributed by atoms with Crippen LogP contribution in [0, 0.1) is 0 Å². The Morgan fingerprint density at radius 1 is 1.26 bits per heavy atom. The summed E-state index contributed by atoms with van der Waals surface area (Å²) in [4.78, 5) is 19.1. The van der Waals surface area contributed by atoms with Crippen LogP contribution in [0.1, 0.15) is 28.8 Å². The predicted octanol–water partition coefficient (Wildman–Crippen LogP) is 2.08. The molecule has 8 nitrogen and oxygen atoms in total. The highest BCUT2D eigenvalue weighted by Gasteiger charge is 2.27. The number of aromatic nitrogens is 5. The minimum absolute atomic E-state index is 0.0141. The van der Waals surface area contributed by atoms with Gasteiger partial charge in [-0.1, -0.05) is 24.3 Å². The number of hydrogen-bond donors (Lipinski definition) is 1. The molecule has 8 heteroatoms. The van der Waals surface area contributed by atoms with Crippen LogP contribution in [0.15, 0.2) is 48.8 Å². The Morgan fingerprint density at radius 2 is 2.19 bits per heavy atom. The van der Waals surface area contributed by atoms with Crippen LogP contribution in [0.25, 0.3) is 11.4 Å². The third-order valence-electron chi connectivity index (χ3n) is 4.62. The molecule has 1 fully saturated rings. The van der Waals surface area contributed by atoms with Crippen molar-refractivity contribution in [3.63, 3.8) is 0 Å². The van der Waals surface area contributed by atoms with Crippen LogP contribution in [0.5, 0.6) is 0 Å². The second-order valence-electron chi connectivity index (χ2n) is 6.47. The second kappa shape index (κ2) is 8.05. The fraction of sp³-hybridized carbons (Fsp3) is 0.316. The molecule has 1 atom stereocenters. The van der Waals surface area contributed by atoms with Gasteiger partial charge in [-0.3, -0.25) is 9.78 Å². The van der Waals surface area contributed by atoms with E-state index in [9.17, 15) is 4.79 Å². The summed E-state index contributed by atoms with van der Waals surface area (Å²) in [5.74, 6) is 0.380. The number of pyridine rings is 1. The van der Waals surface area contributed by atoms with E-state index in [2.05, 4.69) is 25.6 Å². The monoisotopic (exact) mass is 364 g/mol. The van der Waals surface area contributed by atoms with Gasteiger partial charge in [0.25, 0.3) is 5.91 Å². The number of rotatable bonds is 5. The largest absolute Gasteiger partial charge is 0.372 e. The summed E-state index contributed by atoms with van der Waals surface area (Å²) in [6, 6.07) is 11.2. The normalized spacial score (nSPS) is 17.0. The molecule has 1 saturated heterocycles. The van der Waals surface area contributed by atoms with E-state index >= 15 is 0 Å². The van der Waals surface area contributed by atoms with E-state index in [1.54, 1.807) is 18.5 Å². The Kier molecular flexibility index (Phi) is 5.15. The third kappa shape index (κ3) is 4.01. The van der Waals surface area contributed by atoms with Crippen molar-refractivity contribution in [2.24, 2.45) is 0 Å². The first kappa shape index (κ1) is 17.3.